The highest BCUT2D eigenvalue weighted by Crippen LogP contribution is 2.50. The van der Waals surface area contributed by atoms with Crippen molar-refractivity contribution in [2.75, 3.05) is 13.2 Å². The first-order valence-corrected chi connectivity index (χ1v) is 6.09. The molecule has 2 fully saturated rings. The second-order valence-electron chi connectivity index (χ2n) is 5.52. The molecule has 1 saturated heterocycles. The van der Waals surface area contributed by atoms with Gasteiger partial charge in [-0.1, -0.05) is 0 Å². The number of amides is 1. The number of pyridine rings is 1. The van der Waals surface area contributed by atoms with Gasteiger partial charge in [-0.3, -0.25) is 9.78 Å². The van der Waals surface area contributed by atoms with Crippen LogP contribution in [0.1, 0.15) is 28.8 Å². The lowest BCUT2D eigenvalue weighted by Gasteiger charge is -2.55. The second kappa shape index (κ2) is 3.07. The summed E-state index contributed by atoms with van der Waals surface area (Å²) in [6, 6.07) is 2.37. The summed E-state index contributed by atoms with van der Waals surface area (Å²) < 4.78 is 5.27. The average Bonchev–Trinajstić information content (AvgIpc) is 2.54. The van der Waals surface area contributed by atoms with E-state index in [2.05, 4.69) is 4.98 Å². The highest BCUT2D eigenvalue weighted by molar-refractivity contribution is 5.98. The first-order chi connectivity index (χ1) is 8.27. The zero-order valence-corrected chi connectivity index (χ0v) is 9.56. The van der Waals surface area contributed by atoms with Crippen molar-refractivity contribution in [3.63, 3.8) is 0 Å². The number of fused-ring (bicyclic) bond motifs is 1. The summed E-state index contributed by atoms with van der Waals surface area (Å²) in [6.45, 7) is 2.54. The molecule has 1 aliphatic carbocycles. The van der Waals surface area contributed by atoms with E-state index in [0.717, 1.165) is 43.7 Å². The molecular formula is C13H14N2O2. The van der Waals surface area contributed by atoms with Crippen molar-refractivity contribution in [3.8, 4) is 0 Å². The molecule has 0 bridgehead atoms. The van der Waals surface area contributed by atoms with Crippen LogP contribution in [0.15, 0.2) is 18.5 Å². The normalized spacial score (nSPS) is 25.6. The Hall–Kier alpha value is -1.42. The molecular weight excluding hydrogens is 216 g/mol. The van der Waals surface area contributed by atoms with Crippen LogP contribution in [-0.2, 0) is 11.3 Å². The first-order valence-electron chi connectivity index (χ1n) is 6.09. The van der Waals surface area contributed by atoms with Crippen molar-refractivity contribution >= 4 is 5.91 Å². The largest absolute Gasteiger partial charge is 0.380 e. The lowest BCUT2D eigenvalue weighted by Crippen LogP contribution is -2.59. The van der Waals surface area contributed by atoms with Gasteiger partial charge in [-0.05, 0) is 24.5 Å². The van der Waals surface area contributed by atoms with E-state index in [1.54, 1.807) is 12.4 Å². The maximum absolute atomic E-state index is 12.2. The molecule has 1 saturated carbocycles. The molecule has 17 heavy (non-hydrogen) atoms. The minimum atomic E-state index is 0.160. The number of hydrogen-bond acceptors (Lipinski definition) is 3. The summed E-state index contributed by atoms with van der Waals surface area (Å²) in [5.74, 6) is 0.160. The van der Waals surface area contributed by atoms with E-state index >= 15 is 0 Å². The van der Waals surface area contributed by atoms with Gasteiger partial charge in [0.15, 0.2) is 0 Å². The molecule has 3 aliphatic rings. The highest BCUT2D eigenvalue weighted by atomic mass is 16.5. The van der Waals surface area contributed by atoms with Crippen LogP contribution in [-0.4, -0.2) is 35.0 Å². The predicted octanol–water partition coefficient (Wildman–Crippen LogP) is 1.22. The van der Waals surface area contributed by atoms with Gasteiger partial charge in [0.1, 0.15) is 0 Å². The Morgan fingerprint density at radius 1 is 1.41 bits per heavy atom. The summed E-state index contributed by atoms with van der Waals surface area (Å²) in [7, 11) is 0. The van der Waals surface area contributed by atoms with Gasteiger partial charge in [0.2, 0.25) is 0 Å². The number of hydrogen-bond donors (Lipinski definition) is 0. The molecule has 0 unspecified atom stereocenters. The molecule has 2 aliphatic heterocycles. The van der Waals surface area contributed by atoms with Crippen LogP contribution in [0, 0.1) is 5.41 Å². The van der Waals surface area contributed by atoms with E-state index in [9.17, 15) is 4.79 Å². The van der Waals surface area contributed by atoms with Gasteiger partial charge in [0, 0.05) is 30.4 Å². The van der Waals surface area contributed by atoms with Crippen molar-refractivity contribution in [2.24, 2.45) is 5.41 Å². The third kappa shape index (κ3) is 1.21. The van der Waals surface area contributed by atoms with Gasteiger partial charge in [-0.15, -0.1) is 0 Å². The van der Waals surface area contributed by atoms with Crippen LogP contribution in [0.5, 0.6) is 0 Å². The number of carbonyl (C=O) groups is 1. The van der Waals surface area contributed by atoms with Gasteiger partial charge in [-0.2, -0.15) is 0 Å². The molecule has 3 heterocycles. The van der Waals surface area contributed by atoms with Crippen LogP contribution in [0.4, 0.5) is 0 Å². The molecule has 1 aromatic heterocycles. The fourth-order valence-electron chi connectivity index (χ4n) is 3.25. The van der Waals surface area contributed by atoms with Crippen molar-refractivity contribution in [1.29, 1.82) is 0 Å². The van der Waals surface area contributed by atoms with Gasteiger partial charge in [0.25, 0.3) is 5.91 Å². The Labute approximate surface area is 99.6 Å². The van der Waals surface area contributed by atoms with Crippen LogP contribution >= 0.6 is 0 Å². The molecule has 4 nitrogen and oxygen atoms in total. The van der Waals surface area contributed by atoms with Crippen LogP contribution in [0.25, 0.3) is 0 Å². The number of rotatable bonds is 1. The number of nitrogens with zero attached hydrogens (tertiary/aromatic N) is 2. The van der Waals surface area contributed by atoms with Crippen molar-refractivity contribution in [3.05, 3.63) is 29.6 Å². The Morgan fingerprint density at radius 2 is 2.24 bits per heavy atom. The van der Waals surface area contributed by atoms with Gasteiger partial charge in [-0.25, -0.2) is 0 Å². The zero-order chi connectivity index (χ0) is 11.5. The topological polar surface area (TPSA) is 42.4 Å². The van der Waals surface area contributed by atoms with Gasteiger partial charge >= 0.3 is 0 Å². The van der Waals surface area contributed by atoms with E-state index in [0.29, 0.717) is 11.5 Å². The summed E-state index contributed by atoms with van der Waals surface area (Å²) >= 11 is 0. The quantitative estimate of drug-likeness (QED) is 0.728. The molecule has 0 atom stereocenters. The molecule has 4 heteroatoms. The van der Waals surface area contributed by atoms with Crippen molar-refractivity contribution in [1.82, 2.24) is 9.88 Å². The van der Waals surface area contributed by atoms with Crippen LogP contribution in [0.3, 0.4) is 0 Å². The Bertz CT molecular complexity index is 488. The number of carbonyl (C=O) groups excluding carboxylic acids is 1. The summed E-state index contributed by atoms with van der Waals surface area (Å²) in [4.78, 5) is 18.2. The predicted molar refractivity (Wildman–Crippen MR) is 60.4 cm³/mol. The van der Waals surface area contributed by atoms with E-state index < -0.39 is 0 Å². The summed E-state index contributed by atoms with van der Waals surface area (Å²) in [5, 5.41) is 0. The van der Waals surface area contributed by atoms with E-state index in [4.69, 9.17) is 4.74 Å². The molecule has 0 N–H and O–H groups in total. The van der Waals surface area contributed by atoms with E-state index in [1.165, 1.54) is 0 Å². The van der Waals surface area contributed by atoms with Crippen LogP contribution < -0.4 is 0 Å². The lowest BCUT2D eigenvalue weighted by molar-refractivity contribution is -0.179. The SMILES string of the molecule is O=C1c2cnccc2CN1C1CC2(COC2)C1. The molecule has 1 spiro atoms. The monoisotopic (exact) mass is 230 g/mol. The fourth-order valence-corrected chi connectivity index (χ4v) is 3.25. The molecule has 4 rings (SSSR count). The standard InChI is InChI=1S/C13H14N2O2/c16-12-11-5-14-2-1-9(11)6-15(12)10-3-13(4-10)7-17-8-13/h1-2,5,10H,3-4,6-8H2. The maximum atomic E-state index is 12.2. The molecule has 88 valence electrons. The molecule has 1 amide bonds. The summed E-state index contributed by atoms with van der Waals surface area (Å²) in [5.41, 5.74) is 2.33. The summed E-state index contributed by atoms with van der Waals surface area (Å²) in [6.07, 6.45) is 5.68. The van der Waals surface area contributed by atoms with Crippen LogP contribution in [0.2, 0.25) is 0 Å². The Kier molecular flexibility index (Phi) is 1.73. The van der Waals surface area contributed by atoms with Gasteiger partial charge < -0.3 is 9.64 Å². The van der Waals surface area contributed by atoms with E-state index in [-0.39, 0.29) is 5.91 Å². The zero-order valence-electron chi connectivity index (χ0n) is 9.56. The Balaban J connectivity index is 1.53. The third-order valence-electron chi connectivity index (χ3n) is 4.34. The number of aromatic nitrogens is 1. The minimum absolute atomic E-state index is 0.160. The van der Waals surface area contributed by atoms with Gasteiger partial charge in [0.05, 0.1) is 18.8 Å². The Morgan fingerprint density at radius 3 is 2.88 bits per heavy atom. The fraction of sp³-hybridized carbons (Fsp3) is 0.538. The van der Waals surface area contributed by atoms with Crippen molar-refractivity contribution in [2.45, 2.75) is 25.4 Å². The third-order valence-corrected chi connectivity index (χ3v) is 4.34. The molecule has 1 aromatic rings. The van der Waals surface area contributed by atoms with E-state index in [1.807, 2.05) is 11.0 Å². The second-order valence-corrected chi connectivity index (χ2v) is 5.52. The minimum Gasteiger partial charge on any atom is -0.380 e. The molecule has 0 radical (unpaired) electrons. The lowest BCUT2D eigenvalue weighted by atomic mass is 9.63. The smallest absolute Gasteiger partial charge is 0.256 e. The van der Waals surface area contributed by atoms with Crippen molar-refractivity contribution < 1.29 is 9.53 Å². The maximum Gasteiger partial charge on any atom is 0.256 e. The number of ether oxygens (including phenoxy) is 1. The first kappa shape index (κ1) is 9.59. The highest BCUT2D eigenvalue weighted by Gasteiger charge is 2.53. The average molecular weight is 230 g/mol. The molecule has 0 aromatic carbocycles.